The number of urea groups is 1. The number of nitrogens with zero attached hydrogens (tertiary/aromatic N) is 1. The number of carbonyl (C=O) groups excluding carboxylic acids is 1. The molecule has 3 rings (SSSR count). The molecule has 8 heteroatoms. The van der Waals surface area contributed by atoms with Crippen LogP contribution in [0.4, 0.5) is 9.18 Å². The number of halogens is 1. The van der Waals surface area contributed by atoms with Gasteiger partial charge in [-0.1, -0.05) is 6.07 Å². The smallest absolute Gasteiger partial charge is 0.318 e. The first-order chi connectivity index (χ1) is 11.4. The molecule has 0 spiro atoms. The molecule has 6 nitrogen and oxygen atoms in total. The number of nitrogens with one attached hydrogen (secondary N) is 2. The van der Waals surface area contributed by atoms with E-state index in [1.165, 1.54) is 12.1 Å². The van der Waals surface area contributed by atoms with Crippen molar-refractivity contribution in [3.63, 3.8) is 0 Å². The van der Waals surface area contributed by atoms with E-state index in [9.17, 15) is 17.6 Å². The highest BCUT2D eigenvalue weighted by Crippen LogP contribution is 2.23. The fourth-order valence-corrected chi connectivity index (χ4v) is 4.09. The molecule has 0 aliphatic carbocycles. The molecule has 2 aliphatic rings. The molecule has 1 atom stereocenters. The van der Waals surface area contributed by atoms with E-state index >= 15 is 0 Å². The van der Waals surface area contributed by atoms with Gasteiger partial charge in [-0.05, 0) is 50.0 Å². The van der Waals surface area contributed by atoms with Gasteiger partial charge in [0.25, 0.3) is 0 Å². The normalized spacial score (nSPS) is 22.7. The Labute approximate surface area is 141 Å². The molecular weight excluding hydrogens is 333 g/mol. The zero-order valence-corrected chi connectivity index (χ0v) is 14.4. The van der Waals surface area contributed by atoms with Gasteiger partial charge in [0, 0.05) is 18.8 Å². The Morgan fingerprint density at radius 2 is 2.00 bits per heavy atom. The standard InChI is InChI=1S/C16H22FN3O3S/c1-24(22,23)14-3-2-11(15(17)9-14)8-13-10-19-16(21)20(13)12-4-6-18-7-5-12/h2-3,9,12-13,18H,4-8,10H2,1H3,(H,19,21). The molecule has 2 N–H and O–H groups in total. The maximum Gasteiger partial charge on any atom is 0.318 e. The van der Waals surface area contributed by atoms with E-state index in [0.717, 1.165) is 38.3 Å². The molecule has 2 aliphatic heterocycles. The first-order valence-electron chi connectivity index (χ1n) is 8.11. The highest BCUT2D eigenvalue weighted by molar-refractivity contribution is 7.90. The SMILES string of the molecule is CS(=O)(=O)c1ccc(CC2CNC(=O)N2C2CCNCC2)c(F)c1. The van der Waals surface area contributed by atoms with Crippen LogP contribution in [0.3, 0.4) is 0 Å². The fourth-order valence-electron chi connectivity index (χ4n) is 3.46. The summed E-state index contributed by atoms with van der Waals surface area (Å²) >= 11 is 0. The van der Waals surface area contributed by atoms with Gasteiger partial charge in [-0.25, -0.2) is 17.6 Å². The Morgan fingerprint density at radius 1 is 1.29 bits per heavy atom. The molecule has 24 heavy (non-hydrogen) atoms. The van der Waals surface area contributed by atoms with E-state index < -0.39 is 15.7 Å². The van der Waals surface area contributed by atoms with Crippen molar-refractivity contribution in [3.8, 4) is 0 Å². The lowest BCUT2D eigenvalue weighted by molar-refractivity contribution is 0.156. The van der Waals surface area contributed by atoms with Crippen LogP contribution in [0.1, 0.15) is 18.4 Å². The molecule has 2 amide bonds. The molecular formula is C16H22FN3O3S. The number of sulfone groups is 1. The second-order valence-corrected chi connectivity index (χ2v) is 8.47. The zero-order chi connectivity index (χ0) is 17.3. The molecule has 2 saturated heterocycles. The summed E-state index contributed by atoms with van der Waals surface area (Å²) in [6.07, 6.45) is 3.21. The molecule has 2 fully saturated rings. The third-order valence-corrected chi connectivity index (χ3v) is 5.84. The maximum atomic E-state index is 14.3. The third-order valence-electron chi connectivity index (χ3n) is 4.73. The van der Waals surface area contributed by atoms with E-state index in [4.69, 9.17) is 0 Å². The van der Waals surface area contributed by atoms with Crippen LogP contribution in [-0.4, -0.2) is 57.3 Å². The monoisotopic (exact) mass is 355 g/mol. The summed E-state index contributed by atoms with van der Waals surface area (Å²) in [5, 5.41) is 6.11. The largest absolute Gasteiger partial charge is 0.336 e. The lowest BCUT2D eigenvalue weighted by Gasteiger charge is -2.35. The average Bonchev–Trinajstić information content (AvgIpc) is 2.90. The lowest BCUT2D eigenvalue weighted by Crippen LogP contribution is -2.48. The van der Waals surface area contributed by atoms with Gasteiger partial charge < -0.3 is 15.5 Å². The van der Waals surface area contributed by atoms with Crippen LogP contribution >= 0.6 is 0 Å². The summed E-state index contributed by atoms with van der Waals surface area (Å²) in [5.41, 5.74) is 0.433. The van der Waals surface area contributed by atoms with Crippen molar-refractivity contribution in [1.29, 1.82) is 0 Å². The molecule has 0 aromatic heterocycles. The number of carbonyl (C=O) groups is 1. The van der Waals surface area contributed by atoms with Crippen molar-refractivity contribution in [2.75, 3.05) is 25.9 Å². The topological polar surface area (TPSA) is 78.5 Å². The van der Waals surface area contributed by atoms with E-state index in [1.54, 1.807) is 0 Å². The van der Waals surface area contributed by atoms with Gasteiger partial charge in [0.2, 0.25) is 0 Å². The van der Waals surface area contributed by atoms with Crippen molar-refractivity contribution >= 4 is 15.9 Å². The summed E-state index contributed by atoms with van der Waals surface area (Å²) in [7, 11) is -3.43. The summed E-state index contributed by atoms with van der Waals surface area (Å²) in [6, 6.07) is 3.95. The van der Waals surface area contributed by atoms with Crippen molar-refractivity contribution in [2.45, 2.75) is 36.2 Å². The Balaban J connectivity index is 1.78. The Morgan fingerprint density at radius 3 is 2.62 bits per heavy atom. The van der Waals surface area contributed by atoms with Gasteiger partial charge in [0.15, 0.2) is 9.84 Å². The van der Waals surface area contributed by atoms with Gasteiger partial charge in [0.1, 0.15) is 5.82 Å². The van der Waals surface area contributed by atoms with Crippen LogP contribution in [0, 0.1) is 5.82 Å². The highest BCUT2D eigenvalue weighted by atomic mass is 32.2. The predicted molar refractivity (Wildman–Crippen MR) is 88.1 cm³/mol. The lowest BCUT2D eigenvalue weighted by atomic mass is 10.00. The van der Waals surface area contributed by atoms with Crippen molar-refractivity contribution in [1.82, 2.24) is 15.5 Å². The number of hydrogen-bond acceptors (Lipinski definition) is 4. The van der Waals surface area contributed by atoms with Crippen LogP contribution in [0.15, 0.2) is 23.1 Å². The number of hydrogen-bond donors (Lipinski definition) is 2. The molecule has 0 bridgehead atoms. The summed E-state index contributed by atoms with van der Waals surface area (Å²) in [5.74, 6) is -0.539. The van der Waals surface area contributed by atoms with E-state index in [2.05, 4.69) is 10.6 Å². The van der Waals surface area contributed by atoms with Crippen molar-refractivity contribution in [3.05, 3.63) is 29.6 Å². The van der Waals surface area contributed by atoms with E-state index in [1.807, 2.05) is 4.90 Å². The second-order valence-electron chi connectivity index (χ2n) is 6.46. The van der Waals surface area contributed by atoms with E-state index in [0.29, 0.717) is 18.5 Å². The van der Waals surface area contributed by atoms with Crippen molar-refractivity contribution < 1.29 is 17.6 Å². The molecule has 1 unspecified atom stereocenters. The van der Waals surface area contributed by atoms with Crippen LogP contribution < -0.4 is 10.6 Å². The number of piperidine rings is 1. The zero-order valence-electron chi connectivity index (χ0n) is 13.6. The third kappa shape index (κ3) is 3.54. The Kier molecular flexibility index (Phi) is 4.78. The Bertz CT molecular complexity index is 732. The first-order valence-corrected chi connectivity index (χ1v) is 10.0. The van der Waals surface area contributed by atoms with E-state index in [-0.39, 0.29) is 23.0 Å². The van der Waals surface area contributed by atoms with Gasteiger partial charge in [-0.15, -0.1) is 0 Å². The second kappa shape index (κ2) is 6.68. The van der Waals surface area contributed by atoms with Crippen LogP contribution in [0.2, 0.25) is 0 Å². The van der Waals surface area contributed by atoms with Gasteiger partial charge in [0.05, 0.1) is 10.9 Å². The highest BCUT2D eigenvalue weighted by Gasteiger charge is 2.36. The minimum absolute atomic E-state index is 0.0282. The number of benzene rings is 1. The summed E-state index contributed by atoms with van der Waals surface area (Å²) < 4.78 is 37.3. The number of amides is 2. The molecule has 2 heterocycles. The summed E-state index contributed by atoms with van der Waals surface area (Å²) in [6.45, 7) is 2.23. The molecule has 1 aromatic carbocycles. The maximum absolute atomic E-state index is 14.3. The van der Waals surface area contributed by atoms with Crippen molar-refractivity contribution in [2.24, 2.45) is 0 Å². The van der Waals surface area contributed by atoms with Crippen LogP contribution in [-0.2, 0) is 16.3 Å². The fraction of sp³-hybridized carbons (Fsp3) is 0.562. The van der Waals surface area contributed by atoms with Gasteiger partial charge in [-0.3, -0.25) is 0 Å². The van der Waals surface area contributed by atoms with Gasteiger partial charge in [-0.2, -0.15) is 0 Å². The minimum atomic E-state index is -3.43. The van der Waals surface area contributed by atoms with Crippen LogP contribution in [0.5, 0.6) is 0 Å². The molecule has 1 aromatic rings. The van der Waals surface area contributed by atoms with Crippen LogP contribution in [0.25, 0.3) is 0 Å². The molecule has 0 radical (unpaired) electrons. The average molecular weight is 355 g/mol. The number of rotatable bonds is 4. The molecule has 132 valence electrons. The predicted octanol–water partition coefficient (Wildman–Crippen LogP) is 0.917. The quantitative estimate of drug-likeness (QED) is 0.842. The Hall–Kier alpha value is -1.67. The minimum Gasteiger partial charge on any atom is -0.336 e. The summed E-state index contributed by atoms with van der Waals surface area (Å²) in [4.78, 5) is 14.0. The molecule has 0 saturated carbocycles. The first kappa shape index (κ1) is 17.2. The van der Waals surface area contributed by atoms with Gasteiger partial charge >= 0.3 is 6.03 Å².